The summed E-state index contributed by atoms with van der Waals surface area (Å²) in [6.07, 6.45) is 0. The van der Waals surface area contributed by atoms with Crippen molar-refractivity contribution in [3.05, 3.63) is 46.8 Å². The molecule has 1 amide bonds. The number of hydrogen-bond donors (Lipinski definition) is 1. The minimum atomic E-state index is -0.343. The van der Waals surface area contributed by atoms with Gasteiger partial charge in [-0.05, 0) is 37.6 Å². The number of nitrogens with one attached hydrogen (secondary N) is 1. The van der Waals surface area contributed by atoms with E-state index in [0.717, 1.165) is 10.5 Å². The fourth-order valence-corrected chi connectivity index (χ4v) is 3.48. The second-order valence-corrected chi connectivity index (χ2v) is 6.59. The molecule has 0 atom stereocenters. The zero-order chi connectivity index (χ0) is 15.9. The molecule has 0 radical (unpaired) electrons. The number of ether oxygens (including phenoxy) is 1. The van der Waals surface area contributed by atoms with Crippen molar-refractivity contribution in [2.45, 2.75) is 18.7 Å². The van der Waals surface area contributed by atoms with Gasteiger partial charge in [0.05, 0.1) is 17.4 Å². The number of carbonyl (C=O) groups excluding carboxylic acids is 2. The highest BCUT2D eigenvalue weighted by molar-refractivity contribution is 8.00. The minimum Gasteiger partial charge on any atom is -0.462 e. The fourth-order valence-electron chi connectivity index (χ4n) is 1.78. The second kappa shape index (κ2) is 8.00. The molecule has 2 aromatic rings. The molecule has 116 valence electrons. The van der Waals surface area contributed by atoms with E-state index in [1.807, 2.05) is 37.3 Å². The first-order valence-electron chi connectivity index (χ1n) is 6.85. The Morgan fingerprint density at radius 1 is 1.27 bits per heavy atom. The van der Waals surface area contributed by atoms with Crippen LogP contribution < -0.4 is 5.32 Å². The van der Waals surface area contributed by atoms with Gasteiger partial charge in [-0.3, -0.25) is 4.79 Å². The average Bonchev–Trinajstić information content (AvgIpc) is 2.87. The first-order chi connectivity index (χ1) is 10.6. The van der Waals surface area contributed by atoms with Crippen LogP contribution in [-0.4, -0.2) is 24.2 Å². The van der Waals surface area contributed by atoms with Crippen LogP contribution in [0.5, 0.6) is 0 Å². The van der Waals surface area contributed by atoms with Crippen LogP contribution in [0.15, 0.2) is 41.3 Å². The molecule has 0 bridgehead atoms. The number of thioether (sulfide) groups is 1. The van der Waals surface area contributed by atoms with Gasteiger partial charge in [0, 0.05) is 4.90 Å². The van der Waals surface area contributed by atoms with Gasteiger partial charge < -0.3 is 10.1 Å². The molecular weight excluding hydrogens is 318 g/mol. The summed E-state index contributed by atoms with van der Waals surface area (Å²) in [6, 6.07) is 11.5. The van der Waals surface area contributed by atoms with Crippen molar-refractivity contribution in [1.29, 1.82) is 0 Å². The number of aryl methyl sites for hydroxylation is 1. The van der Waals surface area contributed by atoms with Crippen molar-refractivity contribution in [3.63, 3.8) is 0 Å². The Labute approximate surface area is 137 Å². The maximum atomic E-state index is 12.0. The molecule has 22 heavy (non-hydrogen) atoms. The molecule has 0 aliphatic rings. The standard InChI is InChI=1S/C16H17NO3S2/c1-3-20-16(19)15-11(2)9-14(22-15)17-13(18)10-21-12-7-5-4-6-8-12/h4-9H,3,10H2,1-2H3,(H,17,18). The third-order valence-electron chi connectivity index (χ3n) is 2.75. The predicted molar refractivity (Wildman–Crippen MR) is 90.8 cm³/mol. The van der Waals surface area contributed by atoms with Crippen molar-refractivity contribution < 1.29 is 14.3 Å². The zero-order valence-corrected chi connectivity index (χ0v) is 14.1. The topological polar surface area (TPSA) is 55.4 Å². The molecule has 1 heterocycles. The number of hydrogen-bond acceptors (Lipinski definition) is 5. The van der Waals surface area contributed by atoms with E-state index in [0.29, 0.717) is 22.2 Å². The minimum absolute atomic E-state index is 0.0921. The normalized spacial score (nSPS) is 10.3. The largest absolute Gasteiger partial charge is 0.462 e. The molecule has 6 heteroatoms. The van der Waals surface area contributed by atoms with Gasteiger partial charge in [0.1, 0.15) is 4.88 Å². The van der Waals surface area contributed by atoms with Crippen LogP contribution in [0, 0.1) is 6.92 Å². The smallest absolute Gasteiger partial charge is 0.348 e. The lowest BCUT2D eigenvalue weighted by atomic mass is 10.3. The maximum absolute atomic E-state index is 12.0. The summed E-state index contributed by atoms with van der Waals surface area (Å²) in [6.45, 7) is 3.94. The van der Waals surface area contributed by atoms with Crippen molar-refractivity contribution >= 4 is 40.0 Å². The number of benzene rings is 1. The van der Waals surface area contributed by atoms with Gasteiger partial charge in [-0.1, -0.05) is 18.2 Å². The van der Waals surface area contributed by atoms with Crippen LogP contribution in [0.2, 0.25) is 0 Å². The van der Waals surface area contributed by atoms with Crippen LogP contribution >= 0.6 is 23.1 Å². The number of thiophene rings is 1. The highest BCUT2D eigenvalue weighted by atomic mass is 32.2. The van der Waals surface area contributed by atoms with E-state index in [-0.39, 0.29) is 11.9 Å². The van der Waals surface area contributed by atoms with E-state index in [1.165, 1.54) is 23.1 Å². The van der Waals surface area contributed by atoms with Gasteiger partial charge >= 0.3 is 5.97 Å². The lowest BCUT2D eigenvalue weighted by Crippen LogP contribution is -2.12. The SMILES string of the molecule is CCOC(=O)c1sc(NC(=O)CSc2ccccc2)cc1C. The lowest BCUT2D eigenvalue weighted by molar-refractivity contribution is -0.113. The summed E-state index contributed by atoms with van der Waals surface area (Å²) < 4.78 is 4.99. The Bertz CT molecular complexity index is 653. The quantitative estimate of drug-likeness (QED) is 0.641. The molecule has 0 unspecified atom stereocenters. The maximum Gasteiger partial charge on any atom is 0.348 e. The summed E-state index contributed by atoms with van der Waals surface area (Å²) in [5.41, 5.74) is 0.814. The first kappa shape index (κ1) is 16.6. The molecule has 0 fully saturated rings. The molecule has 0 spiro atoms. The number of anilines is 1. The van der Waals surface area contributed by atoms with Crippen LogP contribution in [0.1, 0.15) is 22.2 Å². The fraction of sp³-hybridized carbons (Fsp3) is 0.250. The Kier molecular flexibility index (Phi) is 6.03. The van der Waals surface area contributed by atoms with Crippen molar-refractivity contribution in [2.75, 3.05) is 17.7 Å². The van der Waals surface area contributed by atoms with Gasteiger partial charge in [-0.15, -0.1) is 23.1 Å². The molecule has 0 saturated heterocycles. The van der Waals surface area contributed by atoms with Crippen molar-refractivity contribution in [2.24, 2.45) is 0 Å². The molecule has 1 aromatic heterocycles. The van der Waals surface area contributed by atoms with Crippen LogP contribution in [-0.2, 0) is 9.53 Å². The number of carbonyl (C=O) groups is 2. The van der Waals surface area contributed by atoms with E-state index in [1.54, 1.807) is 13.0 Å². The Balaban J connectivity index is 1.92. The molecule has 1 aromatic carbocycles. The summed E-state index contributed by atoms with van der Waals surface area (Å²) >= 11 is 2.72. The van der Waals surface area contributed by atoms with Crippen LogP contribution in [0.4, 0.5) is 5.00 Å². The zero-order valence-electron chi connectivity index (χ0n) is 12.4. The number of rotatable bonds is 6. The van der Waals surface area contributed by atoms with Crippen molar-refractivity contribution in [3.8, 4) is 0 Å². The van der Waals surface area contributed by atoms with E-state index >= 15 is 0 Å². The Morgan fingerprint density at radius 3 is 2.68 bits per heavy atom. The molecule has 0 saturated carbocycles. The van der Waals surface area contributed by atoms with Crippen LogP contribution in [0.25, 0.3) is 0 Å². The molecule has 1 N–H and O–H groups in total. The first-order valence-corrected chi connectivity index (χ1v) is 8.65. The lowest BCUT2D eigenvalue weighted by Gasteiger charge is -2.02. The molecule has 2 rings (SSSR count). The van der Waals surface area contributed by atoms with Gasteiger partial charge in [0.25, 0.3) is 0 Å². The summed E-state index contributed by atoms with van der Waals surface area (Å²) in [5, 5.41) is 3.49. The Morgan fingerprint density at radius 2 is 2.00 bits per heavy atom. The molecule has 4 nitrogen and oxygen atoms in total. The monoisotopic (exact) mass is 335 g/mol. The average molecular weight is 335 g/mol. The van der Waals surface area contributed by atoms with Crippen molar-refractivity contribution in [1.82, 2.24) is 0 Å². The Hall–Kier alpha value is -1.79. The van der Waals surface area contributed by atoms with E-state index in [4.69, 9.17) is 4.74 Å². The molecular formula is C16H17NO3S2. The van der Waals surface area contributed by atoms with E-state index in [2.05, 4.69) is 5.32 Å². The van der Waals surface area contributed by atoms with Gasteiger partial charge in [-0.2, -0.15) is 0 Å². The van der Waals surface area contributed by atoms with E-state index in [9.17, 15) is 9.59 Å². The van der Waals surface area contributed by atoms with Gasteiger partial charge in [0.15, 0.2) is 0 Å². The van der Waals surface area contributed by atoms with Gasteiger partial charge in [0.2, 0.25) is 5.91 Å². The van der Waals surface area contributed by atoms with Gasteiger partial charge in [-0.25, -0.2) is 4.79 Å². The highest BCUT2D eigenvalue weighted by Crippen LogP contribution is 2.27. The summed E-state index contributed by atoms with van der Waals surface area (Å²) in [5.74, 6) is -0.106. The summed E-state index contributed by atoms with van der Waals surface area (Å²) in [4.78, 5) is 25.3. The van der Waals surface area contributed by atoms with E-state index < -0.39 is 0 Å². The molecule has 0 aliphatic heterocycles. The number of amides is 1. The van der Waals surface area contributed by atoms with Crippen LogP contribution in [0.3, 0.4) is 0 Å². The second-order valence-electron chi connectivity index (χ2n) is 4.49. The predicted octanol–water partition coefficient (Wildman–Crippen LogP) is 3.96. The number of esters is 1. The third kappa shape index (κ3) is 4.61. The molecule has 0 aliphatic carbocycles. The third-order valence-corrected chi connectivity index (χ3v) is 4.90. The highest BCUT2D eigenvalue weighted by Gasteiger charge is 2.15. The summed E-state index contributed by atoms with van der Waals surface area (Å²) in [7, 11) is 0.